The monoisotopic (exact) mass is 534 g/mol. The molecule has 13 heteroatoms. The molecular weight excluding hydrogens is 509 g/mol. The molecular formula is C24H25F3N6O3S. The number of ether oxygens (including phenoxy) is 1. The van der Waals surface area contributed by atoms with Crippen LogP contribution in [0.25, 0.3) is 0 Å². The first-order valence-electron chi connectivity index (χ1n) is 11.3. The summed E-state index contributed by atoms with van der Waals surface area (Å²) in [4.78, 5) is 13.4. The molecule has 0 radical (unpaired) electrons. The number of carbonyl (C=O) groups excluding carboxylic acids is 1. The van der Waals surface area contributed by atoms with Crippen molar-refractivity contribution in [1.29, 1.82) is 4.78 Å². The number of halogens is 3. The summed E-state index contributed by atoms with van der Waals surface area (Å²) in [5.74, 6) is -1.45. The summed E-state index contributed by atoms with van der Waals surface area (Å²) in [5.41, 5.74) is -0.904. The van der Waals surface area contributed by atoms with E-state index in [1.165, 1.54) is 30.5 Å². The van der Waals surface area contributed by atoms with Gasteiger partial charge in [-0.15, -0.1) is 15.3 Å². The van der Waals surface area contributed by atoms with E-state index < -0.39 is 44.5 Å². The maximum absolute atomic E-state index is 13.6. The Morgan fingerprint density at radius 1 is 1.11 bits per heavy atom. The minimum atomic E-state index is -4.86. The van der Waals surface area contributed by atoms with Gasteiger partial charge in [-0.3, -0.25) is 4.79 Å². The molecule has 1 aliphatic rings. The first kappa shape index (κ1) is 26.5. The summed E-state index contributed by atoms with van der Waals surface area (Å²) in [5, 5.41) is 17.6. The van der Waals surface area contributed by atoms with E-state index in [2.05, 4.69) is 32.6 Å². The van der Waals surface area contributed by atoms with Crippen LogP contribution in [0.5, 0.6) is 11.8 Å². The third kappa shape index (κ3) is 5.41. The Balaban J connectivity index is 1.73. The highest BCUT2D eigenvalue weighted by molar-refractivity contribution is 7.91. The topological polar surface area (TPSA) is 131 Å². The van der Waals surface area contributed by atoms with Crippen LogP contribution in [0.1, 0.15) is 59.1 Å². The van der Waals surface area contributed by atoms with Crippen LogP contribution in [0.2, 0.25) is 0 Å². The highest BCUT2D eigenvalue weighted by Gasteiger charge is 2.39. The molecule has 4 rings (SSSR count). The van der Waals surface area contributed by atoms with Gasteiger partial charge in [0.2, 0.25) is 5.88 Å². The SMILES string of the molecule is Cc1cc(C2(C)CCC2)nnc1Oc1nnc(C(F)(F)F)c(C)c1C(=O)Nc1cccc(S(C)(=N)=O)c1. The van der Waals surface area contributed by atoms with E-state index in [1.54, 1.807) is 13.0 Å². The number of hydrogen-bond donors (Lipinski definition) is 2. The fourth-order valence-electron chi connectivity index (χ4n) is 4.04. The van der Waals surface area contributed by atoms with Gasteiger partial charge >= 0.3 is 6.18 Å². The Bertz CT molecular complexity index is 1490. The average molecular weight is 535 g/mol. The van der Waals surface area contributed by atoms with Crippen molar-refractivity contribution in [2.24, 2.45) is 0 Å². The number of amides is 1. The van der Waals surface area contributed by atoms with E-state index in [9.17, 15) is 22.2 Å². The molecule has 3 aromatic rings. The zero-order valence-corrected chi connectivity index (χ0v) is 21.4. The van der Waals surface area contributed by atoms with E-state index in [-0.39, 0.29) is 21.9 Å². The van der Waals surface area contributed by atoms with Crippen LogP contribution in [-0.2, 0) is 21.3 Å². The molecule has 9 nitrogen and oxygen atoms in total. The number of benzene rings is 1. The molecule has 1 atom stereocenters. The van der Waals surface area contributed by atoms with Crippen molar-refractivity contribution in [2.75, 3.05) is 11.6 Å². The van der Waals surface area contributed by atoms with Crippen LogP contribution in [0.15, 0.2) is 35.2 Å². The first-order chi connectivity index (χ1) is 17.2. The van der Waals surface area contributed by atoms with Gasteiger partial charge in [0.25, 0.3) is 11.8 Å². The van der Waals surface area contributed by atoms with E-state index in [4.69, 9.17) is 9.52 Å². The Kier molecular flexibility index (Phi) is 6.69. The Morgan fingerprint density at radius 2 is 1.78 bits per heavy atom. The number of nitrogens with one attached hydrogen (secondary N) is 2. The minimum absolute atomic E-state index is 0.0175. The second-order valence-corrected chi connectivity index (χ2v) is 11.6. The predicted octanol–water partition coefficient (Wildman–Crippen LogP) is 5.42. The summed E-state index contributed by atoms with van der Waals surface area (Å²) < 4.78 is 66.2. The van der Waals surface area contributed by atoms with Crippen molar-refractivity contribution in [2.45, 2.75) is 56.5 Å². The van der Waals surface area contributed by atoms with Crippen LogP contribution < -0.4 is 10.1 Å². The van der Waals surface area contributed by atoms with Gasteiger partial charge < -0.3 is 10.1 Å². The van der Waals surface area contributed by atoms with Gasteiger partial charge in [-0.1, -0.05) is 19.4 Å². The minimum Gasteiger partial charge on any atom is -0.416 e. The zero-order chi connectivity index (χ0) is 27.2. The van der Waals surface area contributed by atoms with Crippen LogP contribution >= 0.6 is 0 Å². The fraction of sp³-hybridized carbons (Fsp3) is 0.375. The average Bonchev–Trinajstić information content (AvgIpc) is 2.77. The van der Waals surface area contributed by atoms with Gasteiger partial charge in [-0.05, 0) is 56.5 Å². The predicted molar refractivity (Wildman–Crippen MR) is 129 cm³/mol. The summed E-state index contributed by atoms with van der Waals surface area (Å²) in [6, 6.07) is 7.51. The standard InChI is InChI=1S/C24H25F3N6O3S/c1-13-11-17(23(3)9-6-10-23)30-32-21(13)36-22-18(14(2)19(31-33-22)24(25,26)27)20(34)29-15-7-5-8-16(12-15)37(4,28)35/h5,7-8,11-12,28H,6,9-10H2,1-4H3,(H,29,34). The lowest BCUT2D eigenvalue weighted by molar-refractivity contribution is -0.142. The second kappa shape index (κ2) is 9.36. The molecule has 1 aromatic carbocycles. The number of alkyl halides is 3. The third-order valence-corrected chi connectivity index (χ3v) is 7.58. The molecule has 1 aliphatic carbocycles. The molecule has 196 valence electrons. The molecule has 1 saturated carbocycles. The number of hydrogen-bond acceptors (Lipinski definition) is 8. The number of anilines is 1. The number of rotatable bonds is 6. The van der Waals surface area contributed by atoms with Crippen molar-refractivity contribution >= 4 is 21.3 Å². The first-order valence-corrected chi connectivity index (χ1v) is 13.3. The fourth-order valence-corrected chi connectivity index (χ4v) is 4.73. The number of carbonyl (C=O) groups is 1. The summed E-state index contributed by atoms with van der Waals surface area (Å²) in [6.07, 6.45) is -0.604. The molecule has 2 heterocycles. The molecule has 37 heavy (non-hydrogen) atoms. The van der Waals surface area contributed by atoms with Gasteiger partial charge in [-0.2, -0.15) is 18.3 Å². The van der Waals surface area contributed by atoms with Gasteiger partial charge in [0.15, 0.2) is 5.69 Å². The van der Waals surface area contributed by atoms with Gasteiger partial charge in [0, 0.05) is 27.8 Å². The molecule has 0 saturated heterocycles. The lowest BCUT2D eigenvalue weighted by Crippen LogP contribution is -2.31. The molecule has 2 aromatic heterocycles. The molecule has 0 aliphatic heterocycles. The van der Waals surface area contributed by atoms with E-state index in [1.807, 2.05) is 0 Å². The van der Waals surface area contributed by atoms with Crippen molar-refractivity contribution < 1.29 is 26.9 Å². The van der Waals surface area contributed by atoms with Crippen molar-refractivity contribution in [3.05, 3.63) is 58.4 Å². The number of aryl methyl sites for hydroxylation is 1. The van der Waals surface area contributed by atoms with Gasteiger partial charge in [0.1, 0.15) is 5.56 Å². The molecule has 0 bridgehead atoms. The molecule has 0 spiro atoms. The Hall–Kier alpha value is -3.61. The van der Waals surface area contributed by atoms with Crippen molar-refractivity contribution in [3.63, 3.8) is 0 Å². The van der Waals surface area contributed by atoms with E-state index in [0.717, 1.165) is 31.9 Å². The summed E-state index contributed by atoms with van der Waals surface area (Å²) in [6.45, 7) is 4.89. The largest absolute Gasteiger partial charge is 0.435 e. The van der Waals surface area contributed by atoms with Gasteiger partial charge in [-0.25, -0.2) is 8.99 Å². The maximum atomic E-state index is 13.6. The smallest absolute Gasteiger partial charge is 0.416 e. The second-order valence-electron chi connectivity index (χ2n) is 9.41. The molecule has 1 unspecified atom stereocenters. The number of nitrogens with zero attached hydrogens (tertiary/aromatic N) is 4. The quantitative estimate of drug-likeness (QED) is 0.431. The van der Waals surface area contributed by atoms with Gasteiger partial charge in [0.05, 0.1) is 15.4 Å². The molecule has 2 N–H and O–H groups in total. The van der Waals surface area contributed by atoms with Crippen molar-refractivity contribution in [1.82, 2.24) is 20.4 Å². The zero-order valence-electron chi connectivity index (χ0n) is 20.6. The normalized spacial score (nSPS) is 16.4. The van der Waals surface area contributed by atoms with Crippen LogP contribution in [-0.4, -0.2) is 36.8 Å². The Labute approximate surface area is 211 Å². The summed E-state index contributed by atoms with van der Waals surface area (Å²) in [7, 11) is -3.09. The van der Waals surface area contributed by atoms with Crippen molar-refractivity contribution in [3.8, 4) is 11.8 Å². The Morgan fingerprint density at radius 3 is 2.35 bits per heavy atom. The molecule has 1 fully saturated rings. The third-order valence-electron chi connectivity index (χ3n) is 6.43. The lowest BCUT2D eigenvalue weighted by Gasteiger charge is -2.37. The number of aromatic nitrogens is 4. The molecule has 1 amide bonds. The highest BCUT2D eigenvalue weighted by Crippen LogP contribution is 2.43. The maximum Gasteiger partial charge on any atom is 0.435 e. The lowest BCUT2D eigenvalue weighted by atomic mass is 9.68. The van der Waals surface area contributed by atoms with E-state index in [0.29, 0.717) is 5.56 Å². The van der Waals surface area contributed by atoms with E-state index >= 15 is 0 Å². The highest BCUT2D eigenvalue weighted by atomic mass is 32.2. The van der Waals surface area contributed by atoms with Crippen LogP contribution in [0.3, 0.4) is 0 Å². The van der Waals surface area contributed by atoms with Crippen LogP contribution in [0.4, 0.5) is 18.9 Å². The summed E-state index contributed by atoms with van der Waals surface area (Å²) >= 11 is 0. The van der Waals surface area contributed by atoms with Crippen LogP contribution in [0, 0.1) is 18.6 Å².